The molecule has 1 N–H and O–H groups in total. The van der Waals surface area contributed by atoms with E-state index in [2.05, 4.69) is 81.4 Å². The van der Waals surface area contributed by atoms with Crippen LogP contribution in [-0.4, -0.2) is 19.8 Å². The molecule has 0 aliphatic carbocycles. The monoisotopic (exact) mass is 496 g/mol. The zero-order chi connectivity index (χ0) is 19.9. The molecule has 0 bridgehead atoms. The maximum atomic E-state index is 11.1. The van der Waals surface area contributed by atoms with Crippen LogP contribution in [0, 0.1) is 0 Å². The first-order valence-corrected chi connectivity index (χ1v) is 15.7. The first kappa shape index (κ1) is 22.6. The van der Waals surface area contributed by atoms with Gasteiger partial charge in [0, 0.05) is 0 Å². The van der Waals surface area contributed by atoms with Crippen LogP contribution in [0.4, 0.5) is 0 Å². The van der Waals surface area contributed by atoms with Crippen LogP contribution in [0.1, 0.15) is 26.3 Å². The van der Waals surface area contributed by atoms with Crippen LogP contribution in [0.15, 0.2) is 78.9 Å². The van der Waals surface area contributed by atoms with Crippen molar-refractivity contribution in [2.45, 2.75) is 26.2 Å². The summed E-state index contributed by atoms with van der Waals surface area (Å²) < 4.78 is 3.77. The molecular formula is C22H23AsCl2OTi. The summed E-state index contributed by atoms with van der Waals surface area (Å²) in [6, 6.07) is 27.4. The second-order valence-corrected chi connectivity index (χ2v) is 14.2. The van der Waals surface area contributed by atoms with Crippen LogP contribution >= 0.6 is 18.6 Å². The topological polar surface area (TPSA) is 20.2 Å². The van der Waals surface area contributed by atoms with E-state index in [0.717, 1.165) is 9.91 Å². The Hall–Kier alpha value is -0.687. The third-order valence-electron chi connectivity index (χ3n) is 4.09. The Bertz CT molecular complexity index is 796. The van der Waals surface area contributed by atoms with Gasteiger partial charge >= 0.3 is 185 Å². The molecule has 27 heavy (non-hydrogen) atoms. The van der Waals surface area contributed by atoms with E-state index < -0.39 is 31.7 Å². The van der Waals surface area contributed by atoms with Crippen molar-refractivity contribution in [3.05, 3.63) is 84.4 Å². The van der Waals surface area contributed by atoms with Gasteiger partial charge in [-0.3, -0.25) is 0 Å². The molecule has 0 amide bonds. The van der Waals surface area contributed by atoms with Crippen LogP contribution in [0.2, 0.25) is 0 Å². The summed E-state index contributed by atoms with van der Waals surface area (Å²) in [5, 5.41) is 11.1. The summed E-state index contributed by atoms with van der Waals surface area (Å²) in [6.07, 6.45) is 0. The predicted molar refractivity (Wildman–Crippen MR) is 116 cm³/mol. The predicted octanol–water partition coefficient (Wildman–Crippen LogP) is 4.58. The number of para-hydroxylation sites is 1. The van der Waals surface area contributed by atoms with Gasteiger partial charge in [-0.25, -0.2) is 0 Å². The van der Waals surface area contributed by atoms with Crippen molar-refractivity contribution < 1.29 is 22.1 Å². The number of aromatic hydroxyl groups is 1. The fourth-order valence-electron chi connectivity index (χ4n) is 2.90. The molecule has 1 nitrogen and oxygen atoms in total. The summed E-state index contributed by atoms with van der Waals surface area (Å²) in [5.74, 6) is 0.470. The Kier molecular flexibility index (Phi) is 9.00. The van der Waals surface area contributed by atoms with E-state index in [4.69, 9.17) is 18.6 Å². The molecular weight excluding hydrogens is 474 g/mol. The van der Waals surface area contributed by atoms with E-state index >= 15 is 0 Å². The molecule has 0 aliphatic heterocycles. The summed E-state index contributed by atoms with van der Waals surface area (Å²) in [5.41, 5.74) is 0.944. The number of phenolic OH excluding ortho intramolecular Hbond substituents is 1. The van der Waals surface area contributed by atoms with Crippen LogP contribution in [0.5, 0.6) is 5.75 Å². The Morgan fingerprint density at radius 1 is 0.741 bits per heavy atom. The van der Waals surface area contributed by atoms with Crippen LogP contribution in [-0.2, 0) is 22.4 Å². The third-order valence-corrected chi connectivity index (χ3v) is 9.28. The third kappa shape index (κ3) is 6.15. The number of hydrogen-bond donors (Lipinski definition) is 1. The Morgan fingerprint density at radius 3 is 1.59 bits per heavy atom. The summed E-state index contributed by atoms with van der Waals surface area (Å²) in [4.78, 5) is 0. The van der Waals surface area contributed by atoms with Crippen molar-refractivity contribution in [3.8, 4) is 5.75 Å². The first-order chi connectivity index (χ1) is 12.9. The number of benzene rings is 3. The second kappa shape index (κ2) is 10.7. The van der Waals surface area contributed by atoms with Crippen LogP contribution < -0.4 is 13.1 Å². The zero-order valence-corrected chi connectivity index (χ0v) is 20.6. The van der Waals surface area contributed by atoms with Crippen molar-refractivity contribution in [2.75, 3.05) is 0 Å². The Balaban J connectivity index is 0.000000817. The summed E-state index contributed by atoms with van der Waals surface area (Å²) in [7, 11) is 9.78. The van der Waals surface area contributed by atoms with Crippen molar-refractivity contribution in [3.63, 3.8) is 0 Å². The van der Waals surface area contributed by atoms with Crippen molar-refractivity contribution in [1.29, 1.82) is 0 Å². The number of rotatable bonds is 3. The van der Waals surface area contributed by atoms with Gasteiger partial charge in [0.15, 0.2) is 0 Å². The molecule has 0 aromatic heterocycles. The van der Waals surface area contributed by atoms with Gasteiger partial charge in [0.05, 0.1) is 0 Å². The van der Waals surface area contributed by atoms with Gasteiger partial charge in [0.1, 0.15) is 0 Å². The molecule has 3 rings (SSSR count). The molecule has 0 radical (unpaired) electrons. The first-order valence-electron chi connectivity index (χ1n) is 8.59. The number of halogens is 2. The van der Waals surface area contributed by atoms with E-state index in [-0.39, 0.29) is 5.41 Å². The molecule has 0 unspecified atom stereocenters. The standard InChI is InChI=1S/C22H23AsO.2ClH.Ti/c1-22(2,3)19-15-10-16-20(21(19)24)23(17-11-6-4-7-12-17)18-13-8-5-9-14-18;;;/h4-16,24H,1-3H3;2*1H;/q;;;+2/p-2. The van der Waals surface area contributed by atoms with Gasteiger partial charge in [0.25, 0.3) is 0 Å². The molecule has 0 spiro atoms. The minimum atomic E-state index is -1.78. The van der Waals surface area contributed by atoms with Gasteiger partial charge in [-0.15, -0.1) is 0 Å². The van der Waals surface area contributed by atoms with Gasteiger partial charge in [0.2, 0.25) is 0 Å². The van der Waals surface area contributed by atoms with Crippen molar-refractivity contribution >= 4 is 46.3 Å². The van der Waals surface area contributed by atoms with E-state index in [9.17, 15) is 5.11 Å². The molecule has 0 aliphatic rings. The fraction of sp³-hybridized carbons (Fsp3) is 0.182. The van der Waals surface area contributed by atoms with E-state index in [1.54, 1.807) is 0 Å². The average Bonchev–Trinajstić information content (AvgIpc) is 2.65. The van der Waals surface area contributed by atoms with Gasteiger partial charge in [-0.05, 0) is 0 Å². The molecule has 5 heteroatoms. The van der Waals surface area contributed by atoms with Crippen LogP contribution in [0.3, 0.4) is 0 Å². The zero-order valence-electron chi connectivity index (χ0n) is 15.7. The Labute approximate surface area is 183 Å². The fourth-order valence-corrected chi connectivity index (χ4v) is 7.85. The Morgan fingerprint density at radius 2 is 1.19 bits per heavy atom. The van der Waals surface area contributed by atoms with E-state index in [0.29, 0.717) is 5.75 Å². The molecule has 0 saturated carbocycles. The molecule has 0 fully saturated rings. The van der Waals surface area contributed by atoms with E-state index in [1.165, 1.54) is 8.70 Å². The van der Waals surface area contributed by atoms with Gasteiger partial charge in [-0.2, -0.15) is 0 Å². The quantitative estimate of drug-likeness (QED) is 0.526. The molecule has 0 atom stereocenters. The normalized spacial score (nSPS) is 10.9. The molecule has 3 aromatic rings. The number of hydrogen-bond acceptors (Lipinski definition) is 1. The van der Waals surface area contributed by atoms with Crippen molar-refractivity contribution in [1.82, 2.24) is 0 Å². The average molecular weight is 497 g/mol. The summed E-state index contributed by atoms with van der Waals surface area (Å²) >= 11 is -2.34. The van der Waals surface area contributed by atoms with Crippen molar-refractivity contribution in [2.24, 2.45) is 0 Å². The molecule has 3 aromatic carbocycles. The van der Waals surface area contributed by atoms with Gasteiger partial charge < -0.3 is 0 Å². The SMILES string of the molecule is CC(C)(C)c1cccc([As](c2ccccc2)c2ccccc2)c1O.[Cl][Ti][Cl]. The minimum absolute atomic E-state index is 0.0759. The van der Waals surface area contributed by atoms with Gasteiger partial charge in [-0.1, -0.05) is 0 Å². The molecule has 140 valence electrons. The molecule has 0 heterocycles. The second-order valence-electron chi connectivity index (χ2n) is 7.00. The summed E-state index contributed by atoms with van der Waals surface area (Å²) in [6.45, 7) is 6.44. The molecule has 0 saturated heterocycles. The van der Waals surface area contributed by atoms with Crippen LogP contribution in [0.25, 0.3) is 0 Å². The number of phenols is 1. The maximum absolute atomic E-state index is 11.1. The van der Waals surface area contributed by atoms with E-state index in [1.807, 2.05) is 18.2 Å².